The molecule has 0 radical (unpaired) electrons. The number of benzene rings is 1. The van der Waals surface area contributed by atoms with Crippen LogP contribution in [0.4, 0.5) is 0 Å². The van der Waals surface area contributed by atoms with Gasteiger partial charge in [0.25, 0.3) is 0 Å². The molecular formula is C20H33ClN2O. The summed E-state index contributed by atoms with van der Waals surface area (Å²) in [5.41, 5.74) is 8.77. The molecule has 4 heteroatoms. The molecule has 2 atom stereocenters. The molecule has 1 amide bonds. The second kappa shape index (κ2) is 8.35. The summed E-state index contributed by atoms with van der Waals surface area (Å²) in [6.45, 7) is 12.4. The molecule has 0 aromatic heterocycles. The third kappa shape index (κ3) is 4.97. The zero-order valence-electron chi connectivity index (χ0n) is 15.7. The molecule has 1 aliphatic heterocycles. The number of hydrogen-bond donors (Lipinski definition) is 1. The molecule has 0 saturated carbocycles. The molecule has 136 valence electrons. The first-order chi connectivity index (χ1) is 10.7. The third-order valence-corrected chi connectivity index (χ3v) is 5.32. The van der Waals surface area contributed by atoms with Crippen LogP contribution in [0.15, 0.2) is 24.3 Å². The van der Waals surface area contributed by atoms with Crippen LogP contribution in [-0.4, -0.2) is 29.9 Å². The van der Waals surface area contributed by atoms with Crippen molar-refractivity contribution in [1.29, 1.82) is 0 Å². The first kappa shape index (κ1) is 21.0. The van der Waals surface area contributed by atoms with Gasteiger partial charge in [-0.05, 0) is 34.8 Å². The summed E-state index contributed by atoms with van der Waals surface area (Å²) < 4.78 is 0. The minimum absolute atomic E-state index is 0. The van der Waals surface area contributed by atoms with Gasteiger partial charge in [0.2, 0.25) is 5.91 Å². The van der Waals surface area contributed by atoms with Crippen molar-refractivity contribution in [2.24, 2.45) is 11.1 Å². The molecule has 0 bridgehead atoms. The average Bonchev–Trinajstić information content (AvgIpc) is 2.49. The van der Waals surface area contributed by atoms with E-state index in [1.165, 1.54) is 11.1 Å². The topological polar surface area (TPSA) is 46.3 Å². The number of likely N-dealkylation sites (tertiary alicyclic amines) is 1. The maximum absolute atomic E-state index is 12.6. The zero-order valence-corrected chi connectivity index (χ0v) is 16.5. The first-order valence-corrected chi connectivity index (χ1v) is 8.84. The van der Waals surface area contributed by atoms with Gasteiger partial charge in [-0.1, -0.05) is 58.9 Å². The molecule has 3 nitrogen and oxygen atoms in total. The van der Waals surface area contributed by atoms with Gasteiger partial charge in [-0.15, -0.1) is 12.4 Å². The number of rotatable bonds is 4. The molecule has 1 aromatic carbocycles. The lowest BCUT2D eigenvalue weighted by atomic mass is 9.79. The second-order valence-electron chi connectivity index (χ2n) is 8.13. The van der Waals surface area contributed by atoms with E-state index >= 15 is 0 Å². The molecule has 0 aliphatic carbocycles. The molecule has 2 unspecified atom stereocenters. The largest absolute Gasteiger partial charge is 0.342 e. The van der Waals surface area contributed by atoms with Crippen molar-refractivity contribution >= 4 is 18.3 Å². The van der Waals surface area contributed by atoms with Gasteiger partial charge >= 0.3 is 0 Å². The van der Waals surface area contributed by atoms with Crippen LogP contribution < -0.4 is 5.73 Å². The Balaban J connectivity index is 0.00000288. The second-order valence-corrected chi connectivity index (χ2v) is 8.13. The predicted molar refractivity (Wildman–Crippen MR) is 104 cm³/mol. The Kier molecular flexibility index (Phi) is 7.30. The summed E-state index contributed by atoms with van der Waals surface area (Å²) in [5.74, 6) is 1.05. The number of halogens is 1. The minimum atomic E-state index is 0. The van der Waals surface area contributed by atoms with Crippen LogP contribution in [0.5, 0.6) is 0 Å². The number of amides is 1. The van der Waals surface area contributed by atoms with Crippen molar-refractivity contribution in [3.63, 3.8) is 0 Å². The first-order valence-electron chi connectivity index (χ1n) is 8.84. The van der Waals surface area contributed by atoms with Gasteiger partial charge in [0.15, 0.2) is 0 Å². The van der Waals surface area contributed by atoms with E-state index in [0.29, 0.717) is 12.3 Å². The quantitative estimate of drug-likeness (QED) is 0.877. The number of carbonyl (C=O) groups excluding carboxylic acids is 1. The lowest BCUT2D eigenvalue weighted by Gasteiger charge is -2.42. The van der Waals surface area contributed by atoms with Gasteiger partial charge in [0.05, 0.1) is 0 Å². The van der Waals surface area contributed by atoms with Crippen molar-refractivity contribution < 1.29 is 4.79 Å². The van der Waals surface area contributed by atoms with Crippen LogP contribution >= 0.6 is 12.4 Å². The zero-order chi connectivity index (χ0) is 17.2. The van der Waals surface area contributed by atoms with Gasteiger partial charge in [-0.3, -0.25) is 4.79 Å². The Morgan fingerprint density at radius 2 is 1.75 bits per heavy atom. The van der Waals surface area contributed by atoms with E-state index in [9.17, 15) is 4.79 Å². The minimum Gasteiger partial charge on any atom is -0.342 e. The number of piperidine rings is 1. The summed E-state index contributed by atoms with van der Waals surface area (Å²) >= 11 is 0. The highest BCUT2D eigenvalue weighted by atomic mass is 35.5. The van der Waals surface area contributed by atoms with Crippen molar-refractivity contribution in [3.05, 3.63) is 35.4 Å². The van der Waals surface area contributed by atoms with Gasteiger partial charge < -0.3 is 10.6 Å². The Hall–Kier alpha value is -1.06. The summed E-state index contributed by atoms with van der Waals surface area (Å²) in [7, 11) is 0. The maximum atomic E-state index is 12.6. The van der Waals surface area contributed by atoms with E-state index in [2.05, 4.69) is 58.9 Å². The van der Waals surface area contributed by atoms with Crippen LogP contribution in [-0.2, 0) is 4.79 Å². The molecular weight excluding hydrogens is 320 g/mol. The van der Waals surface area contributed by atoms with Crippen molar-refractivity contribution in [1.82, 2.24) is 4.90 Å². The maximum Gasteiger partial charge on any atom is 0.223 e. The highest BCUT2D eigenvalue weighted by Crippen LogP contribution is 2.29. The molecule has 1 heterocycles. The van der Waals surface area contributed by atoms with E-state index in [1.807, 2.05) is 4.90 Å². The standard InChI is InChI=1S/C20H32N2O.ClH/c1-14(2)16-6-8-17(9-7-16)15(3)12-19(23)22-11-10-18(21)20(4,5)13-22;/h6-9,14-15,18H,10-13,21H2,1-5H3;1H. The normalized spacial score (nSPS) is 21.3. The fourth-order valence-corrected chi connectivity index (χ4v) is 3.31. The fourth-order valence-electron chi connectivity index (χ4n) is 3.31. The van der Waals surface area contributed by atoms with E-state index in [4.69, 9.17) is 5.73 Å². The van der Waals surface area contributed by atoms with E-state index in [0.717, 1.165) is 19.5 Å². The third-order valence-electron chi connectivity index (χ3n) is 5.32. The summed E-state index contributed by atoms with van der Waals surface area (Å²) in [6, 6.07) is 8.90. The van der Waals surface area contributed by atoms with Gasteiger partial charge in [-0.25, -0.2) is 0 Å². The Morgan fingerprint density at radius 1 is 1.21 bits per heavy atom. The Labute approximate surface area is 153 Å². The monoisotopic (exact) mass is 352 g/mol. The predicted octanol–water partition coefficient (Wildman–Crippen LogP) is 4.31. The highest BCUT2D eigenvalue weighted by molar-refractivity contribution is 5.85. The van der Waals surface area contributed by atoms with E-state index in [-0.39, 0.29) is 35.7 Å². The number of nitrogens with zero attached hydrogens (tertiary/aromatic N) is 1. The molecule has 2 rings (SSSR count). The summed E-state index contributed by atoms with van der Waals surface area (Å²) in [4.78, 5) is 14.6. The molecule has 1 fully saturated rings. The fraction of sp³-hybridized carbons (Fsp3) is 0.650. The van der Waals surface area contributed by atoms with Crippen LogP contribution in [0.2, 0.25) is 0 Å². The van der Waals surface area contributed by atoms with Gasteiger partial charge in [0.1, 0.15) is 0 Å². The molecule has 0 spiro atoms. The van der Waals surface area contributed by atoms with Crippen molar-refractivity contribution in [3.8, 4) is 0 Å². The van der Waals surface area contributed by atoms with Crippen LogP contribution in [0.25, 0.3) is 0 Å². The number of carbonyl (C=O) groups is 1. The number of nitrogens with two attached hydrogens (primary N) is 1. The van der Waals surface area contributed by atoms with Gasteiger partial charge in [0, 0.05) is 25.6 Å². The van der Waals surface area contributed by atoms with Gasteiger partial charge in [-0.2, -0.15) is 0 Å². The lowest BCUT2D eigenvalue weighted by molar-refractivity contribution is -0.135. The van der Waals surface area contributed by atoms with Crippen LogP contribution in [0.3, 0.4) is 0 Å². The van der Waals surface area contributed by atoms with Crippen molar-refractivity contribution in [2.45, 2.75) is 65.3 Å². The SMILES string of the molecule is CC(C)c1ccc(C(C)CC(=O)N2CCC(N)C(C)(C)C2)cc1.Cl. The molecule has 1 aliphatic rings. The van der Waals surface area contributed by atoms with Crippen molar-refractivity contribution in [2.75, 3.05) is 13.1 Å². The highest BCUT2D eigenvalue weighted by Gasteiger charge is 2.35. The molecule has 24 heavy (non-hydrogen) atoms. The van der Waals surface area contributed by atoms with Crippen LogP contribution in [0.1, 0.15) is 70.4 Å². The summed E-state index contributed by atoms with van der Waals surface area (Å²) in [5, 5.41) is 0. The smallest absolute Gasteiger partial charge is 0.223 e. The Morgan fingerprint density at radius 3 is 2.25 bits per heavy atom. The molecule has 1 aromatic rings. The lowest BCUT2D eigenvalue weighted by Crippen LogP contribution is -2.54. The van der Waals surface area contributed by atoms with E-state index < -0.39 is 0 Å². The molecule has 2 N–H and O–H groups in total. The van der Waals surface area contributed by atoms with E-state index in [1.54, 1.807) is 0 Å². The Bertz CT molecular complexity index is 539. The molecule has 1 saturated heterocycles. The summed E-state index contributed by atoms with van der Waals surface area (Å²) in [6.07, 6.45) is 1.47. The average molecular weight is 353 g/mol. The number of hydrogen-bond acceptors (Lipinski definition) is 2. The van der Waals surface area contributed by atoms with Crippen LogP contribution in [0, 0.1) is 5.41 Å².